The quantitative estimate of drug-likeness (QED) is 0.543. The van der Waals surface area contributed by atoms with E-state index in [0.717, 1.165) is 31.1 Å². The Labute approximate surface area is 207 Å². The van der Waals surface area contributed by atoms with E-state index in [1.54, 1.807) is 0 Å². The third-order valence-corrected chi connectivity index (χ3v) is 13.4. The minimum atomic E-state index is -0.232. The zero-order valence-electron chi connectivity index (χ0n) is 22.9. The van der Waals surface area contributed by atoms with Crippen molar-refractivity contribution in [1.82, 2.24) is 0 Å². The molecule has 11 atom stereocenters. The summed E-state index contributed by atoms with van der Waals surface area (Å²) in [6, 6.07) is 0. The van der Waals surface area contributed by atoms with Crippen molar-refractivity contribution in [2.75, 3.05) is 14.2 Å². The van der Waals surface area contributed by atoms with Gasteiger partial charge in [-0.25, -0.2) is 0 Å². The molecule has 0 aromatic carbocycles. The van der Waals surface area contributed by atoms with Gasteiger partial charge < -0.3 is 19.3 Å². The molecule has 5 aliphatic carbocycles. The summed E-state index contributed by atoms with van der Waals surface area (Å²) in [6.45, 7) is 11.7. The van der Waals surface area contributed by atoms with E-state index < -0.39 is 0 Å². The van der Waals surface area contributed by atoms with Gasteiger partial charge >= 0.3 is 0 Å². The Morgan fingerprint density at radius 2 is 1.65 bits per heavy atom. The summed E-state index contributed by atoms with van der Waals surface area (Å²) >= 11 is 0. The smallest absolute Gasteiger partial charge is 0.0883 e. The van der Waals surface area contributed by atoms with E-state index in [0.29, 0.717) is 40.3 Å². The van der Waals surface area contributed by atoms with Crippen LogP contribution in [0.3, 0.4) is 0 Å². The molecule has 1 N–H and O–H groups in total. The van der Waals surface area contributed by atoms with E-state index in [4.69, 9.17) is 14.2 Å². The number of ether oxygens (including phenoxy) is 3. The summed E-state index contributed by atoms with van der Waals surface area (Å²) in [7, 11) is 3.76. The van der Waals surface area contributed by atoms with E-state index in [1.165, 1.54) is 44.9 Å². The van der Waals surface area contributed by atoms with Crippen molar-refractivity contribution in [3.8, 4) is 0 Å². The normalized spacial score (nSPS) is 55.8. The Bertz CT molecular complexity index is 823. The Morgan fingerprint density at radius 3 is 2.35 bits per heavy atom. The summed E-state index contributed by atoms with van der Waals surface area (Å²) in [5, 5.41) is 10.9. The number of aliphatic hydroxyl groups excluding tert-OH is 1. The van der Waals surface area contributed by atoms with Gasteiger partial charge in [-0.15, -0.1) is 0 Å². The molecule has 194 valence electrons. The van der Waals surface area contributed by atoms with Gasteiger partial charge in [0, 0.05) is 20.1 Å². The fourth-order valence-electron chi connectivity index (χ4n) is 11.4. The standard InChI is InChI=1S/C30H50O4/c1-26(2)22-10-8-18-19-16-21(32-6)25(20-9-11-24(34-20)27(3,4)33-7)28(19,5)14-15-29(18)17-30(22,29)13-12-23(26)31/h18-25,31H,8-17H2,1-7H3/t18-,19?,20?,21-,22?,23-,24-,25-,28-,29?,30+/m0/s1. The van der Waals surface area contributed by atoms with Gasteiger partial charge in [-0.2, -0.15) is 0 Å². The van der Waals surface area contributed by atoms with Crippen molar-refractivity contribution >= 4 is 0 Å². The van der Waals surface area contributed by atoms with Crippen LogP contribution in [0.4, 0.5) is 0 Å². The molecule has 0 bridgehead atoms. The summed E-state index contributed by atoms with van der Waals surface area (Å²) in [5.74, 6) is 2.79. The van der Waals surface area contributed by atoms with Crippen molar-refractivity contribution in [2.24, 2.45) is 45.3 Å². The van der Waals surface area contributed by atoms with Crippen LogP contribution < -0.4 is 0 Å². The van der Waals surface area contributed by atoms with Crippen molar-refractivity contribution in [2.45, 2.75) is 129 Å². The topological polar surface area (TPSA) is 47.9 Å². The highest BCUT2D eigenvalue weighted by Crippen LogP contribution is 2.87. The summed E-state index contributed by atoms with van der Waals surface area (Å²) in [6.07, 6.45) is 13.2. The molecule has 2 spiro atoms. The lowest BCUT2D eigenvalue weighted by Gasteiger charge is -2.59. The Balaban J connectivity index is 1.28. The molecule has 1 saturated heterocycles. The first-order chi connectivity index (χ1) is 16.0. The molecule has 6 rings (SSSR count). The summed E-state index contributed by atoms with van der Waals surface area (Å²) < 4.78 is 18.9. The number of rotatable bonds is 4. The van der Waals surface area contributed by atoms with Gasteiger partial charge in [0.15, 0.2) is 0 Å². The molecule has 4 unspecified atom stereocenters. The van der Waals surface area contributed by atoms with Crippen LogP contribution in [0.1, 0.15) is 98.8 Å². The molecule has 0 aromatic rings. The van der Waals surface area contributed by atoms with Crippen LogP contribution in [0.25, 0.3) is 0 Å². The summed E-state index contributed by atoms with van der Waals surface area (Å²) in [5.41, 5.74) is 1.21. The lowest BCUT2D eigenvalue weighted by atomic mass is 9.46. The van der Waals surface area contributed by atoms with Gasteiger partial charge in [0.1, 0.15) is 0 Å². The first-order valence-electron chi connectivity index (χ1n) is 14.4. The number of hydrogen-bond acceptors (Lipinski definition) is 4. The van der Waals surface area contributed by atoms with Crippen LogP contribution >= 0.6 is 0 Å². The molecule has 1 aliphatic heterocycles. The van der Waals surface area contributed by atoms with Gasteiger partial charge in [-0.1, -0.05) is 20.8 Å². The zero-order valence-corrected chi connectivity index (χ0v) is 22.9. The highest BCUT2D eigenvalue weighted by atomic mass is 16.6. The third kappa shape index (κ3) is 2.86. The van der Waals surface area contributed by atoms with Crippen LogP contribution in [0.5, 0.6) is 0 Å². The average molecular weight is 475 g/mol. The molecule has 6 aliphatic rings. The number of fused-ring (bicyclic) bond motifs is 2. The predicted molar refractivity (Wildman–Crippen MR) is 133 cm³/mol. The molecule has 0 aromatic heterocycles. The number of aliphatic hydroxyl groups is 1. The molecule has 0 amide bonds. The van der Waals surface area contributed by atoms with Gasteiger partial charge in [-0.05, 0) is 117 Å². The van der Waals surface area contributed by atoms with Crippen LogP contribution in [-0.4, -0.2) is 49.3 Å². The van der Waals surface area contributed by atoms with Crippen LogP contribution in [0.2, 0.25) is 0 Å². The second-order valence-electron chi connectivity index (χ2n) is 14.8. The predicted octanol–water partition coefficient (Wildman–Crippen LogP) is 5.99. The second kappa shape index (κ2) is 7.45. The van der Waals surface area contributed by atoms with E-state index >= 15 is 0 Å². The molecule has 1 heterocycles. The first-order valence-corrected chi connectivity index (χ1v) is 14.4. The Hall–Kier alpha value is -0.160. The third-order valence-electron chi connectivity index (χ3n) is 13.4. The van der Waals surface area contributed by atoms with Crippen LogP contribution in [-0.2, 0) is 14.2 Å². The van der Waals surface area contributed by atoms with Crippen molar-refractivity contribution in [3.63, 3.8) is 0 Å². The lowest BCUT2D eigenvalue weighted by molar-refractivity contribution is -0.153. The Morgan fingerprint density at radius 1 is 0.882 bits per heavy atom. The fourth-order valence-corrected chi connectivity index (χ4v) is 11.4. The SMILES string of the molecule is CO[C@H]1CC2[C@@H]3CCC4C(C)(C)[C@@H](O)CC[C@@]45CC35CC[C@]2(C)[C@H]1C1CC[C@@H](C(C)(C)OC)O1. The largest absolute Gasteiger partial charge is 0.393 e. The highest BCUT2D eigenvalue weighted by molar-refractivity contribution is 5.29. The maximum Gasteiger partial charge on any atom is 0.0883 e. The van der Waals surface area contributed by atoms with Crippen molar-refractivity contribution < 1.29 is 19.3 Å². The fraction of sp³-hybridized carbons (Fsp3) is 1.00. The molecular weight excluding hydrogens is 424 g/mol. The number of hydrogen-bond donors (Lipinski definition) is 1. The Kier molecular flexibility index (Phi) is 5.30. The molecule has 4 nitrogen and oxygen atoms in total. The van der Waals surface area contributed by atoms with E-state index in [-0.39, 0.29) is 23.2 Å². The average Bonchev–Trinajstić information content (AvgIpc) is 3.05. The van der Waals surface area contributed by atoms with E-state index in [1.807, 2.05) is 14.2 Å². The maximum absolute atomic E-state index is 10.9. The minimum absolute atomic E-state index is 0.0710. The summed E-state index contributed by atoms with van der Waals surface area (Å²) in [4.78, 5) is 0. The van der Waals surface area contributed by atoms with Crippen LogP contribution in [0, 0.1) is 45.3 Å². The zero-order chi connectivity index (χ0) is 24.3. The maximum atomic E-state index is 10.9. The van der Waals surface area contributed by atoms with E-state index in [2.05, 4.69) is 34.6 Å². The van der Waals surface area contributed by atoms with Crippen LogP contribution in [0.15, 0.2) is 0 Å². The molecule has 4 heteroatoms. The minimum Gasteiger partial charge on any atom is -0.393 e. The second-order valence-corrected chi connectivity index (χ2v) is 14.8. The van der Waals surface area contributed by atoms with Gasteiger partial charge in [-0.3, -0.25) is 0 Å². The molecule has 0 radical (unpaired) electrons. The van der Waals surface area contributed by atoms with Gasteiger partial charge in [0.25, 0.3) is 0 Å². The lowest BCUT2D eigenvalue weighted by Crippen LogP contribution is -2.54. The van der Waals surface area contributed by atoms with Gasteiger partial charge in [0.2, 0.25) is 0 Å². The monoisotopic (exact) mass is 474 g/mol. The molecule has 6 fully saturated rings. The molecule has 34 heavy (non-hydrogen) atoms. The van der Waals surface area contributed by atoms with Gasteiger partial charge in [0.05, 0.1) is 30.0 Å². The molecule has 5 saturated carbocycles. The van der Waals surface area contributed by atoms with E-state index in [9.17, 15) is 5.11 Å². The van der Waals surface area contributed by atoms with Crippen molar-refractivity contribution in [1.29, 1.82) is 0 Å². The highest BCUT2D eigenvalue weighted by Gasteiger charge is 2.80. The first kappa shape index (κ1) is 24.2. The van der Waals surface area contributed by atoms with Crippen molar-refractivity contribution in [3.05, 3.63) is 0 Å². The molecular formula is C30H50O4. The number of methoxy groups -OCH3 is 2.